The van der Waals surface area contributed by atoms with Gasteiger partial charge in [0, 0.05) is 0 Å². The quantitative estimate of drug-likeness (QED) is 0.302. The van der Waals surface area contributed by atoms with Gasteiger partial charge in [0.25, 0.3) is 0 Å². The molecule has 20 heavy (non-hydrogen) atoms. The van der Waals surface area contributed by atoms with Gasteiger partial charge in [-0.1, -0.05) is 74.7 Å². The first-order chi connectivity index (χ1) is 8.67. The van der Waals surface area contributed by atoms with E-state index in [2.05, 4.69) is 13.8 Å². The molecule has 0 nitrogen and oxygen atoms in total. The predicted molar refractivity (Wildman–Crippen MR) is 91.0 cm³/mol. The summed E-state index contributed by atoms with van der Waals surface area (Å²) in [5.74, 6) is 0. The largest absolute Gasteiger partial charge is 2.00 e. The second-order valence-corrected chi connectivity index (χ2v) is 5.28. The van der Waals surface area contributed by atoms with E-state index in [9.17, 15) is 0 Å². The van der Waals surface area contributed by atoms with Crippen LogP contribution in [0, 0.1) is 13.2 Å². The maximum Gasteiger partial charge on any atom is 2.00 e. The van der Waals surface area contributed by atoms with Crippen molar-refractivity contribution in [3.63, 3.8) is 0 Å². The van der Waals surface area contributed by atoms with Crippen LogP contribution in [0.1, 0.15) is 74.7 Å². The van der Waals surface area contributed by atoms with E-state index >= 15 is 0 Å². The normalized spacial score (nSPS) is 7.60. The van der Waals surface area contributed by atoms with Crippen molar-refractivity contribution >= 4 is 0 Å². The van der Waals surface area contributed by atoms with Crippen molar-refractivity contribution < 1.29 is 17.1 Å². The summed E-state index contributed by atoms with van der Waals surface area (Å²) in [5.41, 5.74) is 4.25. The molecule has 0 aliphatic carbocycles. The van der Waals surface area contributed by atoms with E-state index in [1.54, 1.807) is 0 Å². The molecule has 0 atom stereocenters. The smallest absolute Gasteiger partial charge is 0.290 e. The van der Waals surface area contributed by atoms with E-state index in [0.29, 0.717) is 0 Å². The summed E-state index contributed by atoms with van der Waals surface area (Å²) in [6.07, 6.45) is 7.97. The second kappa shape index (κ2) is 20.8. The molecule has 0 saturated heterocycles. The summed E-state index contributed by atoms with van der Waals surface area (Å²) >= 11 is 0. The molecule has 0 aromatic carbocycles. The Kier molecular flexibility index (Phi) is 28.9. The van der Waals surface area contributed by atoms with Crippen LogP contribution < -0.4 is 0 Å². The van der Waals surface area contributed by atoms with Gasteiger partial charge in [0.2, 0.25) is 0 Å². The maximum absolute atomic E-state index is 5.33. The van der Waals surface area contributed by atoms with Crippen molar-refractivity contribution in [2.45, 2.75) is 74.7 Å². The molecule has 0 bridgehead atoms. The summed E-state index contributed by atoms with van der Waals surface area (Å²) in [5, 5.41) is 0. The third kappa shape index (κ3) is 52.8. The zero-order valence-corrected chi connectivity index (χ0v) is 15.9. The van der Waals surface area contributed by atoms with Crippen LogP contribution in [-0.4, -0.2) is 0 Å². The van der Waals surface area contributed by atoms with Gasteiger partial charge in [0.1, 0.15) is 0 Å². The molecular formula is C19H34Fe. The molecule has 0 N–H and O–H groups in total. The Bertz CT molecular complexity index is 255. The van der Waals surface area contributed by atoms with Gasteiger partial charge < -0.3 is 0 Å². The minimum absolute atomic E-state index is 0. The van der Waals surface area contributed by atoms with Crippen molar-refractivity contribution in [3.8, 4) is 0 Å². The molecule has 0 unspecified atom stereocenters. The Hall–Kier alpha value is -0.521. The molecule has 0 fully saturated rings. The standard InChI is InChI=1S/2C7H11.C5H12.Fe/c2*1-6(2)5-7(3)4;1-3-5-4-2;/h2*1,5H,2-4H3;3-5H2,1-2H3;/q2*-1;;+2. The monoisotopic (exact) mass is 318 g/mol. The van der Waals surface area contributed by atoms with Gasteiger partial charge in [-0.15, -0.1) is 0 Å². The van der Waals surface area contributed by atoms with Crippen molar-refractivity contribution in [1.29, 1.82) is 0 Å². The molecule has 0 aliphatic rings. The molecule has 0 saturated carbocycles. The van der Waals surface area contributed by atoms with Gasteiger partial charge in [0.15, 0.2) is 0 Å². The van der Waals surface area contributed by atoms with Crippen LogP contribution in [0.2, 0.25) is 0 Å². The number of hydrogen-bond donors (Lipinski definition) is 0. The third-order valence-electron chi connectivity index (χ3n) is 1.74. The number of rotatable bonds is 4. The van der Waals surface area contributed by atoms with Crippen molar-refractivity contribution in [3.05, 3.63) is 47.6 Å². The summed E-state index contributed by atoms with van der Waals surface area (Å²) in [7, 11) is 0. The molecule has 118 valence electrons. The first-order valence-electron chi connectivity index (χ1n) is 7.15. The summed E-state index contributed by atoms with van der Waals surface area (Å²) in [6.45, 7) is 27.0. The summed E-state index contributed by atoms with van der Waals surface area (Å²) in [6, 6.07) is 0. The van der Waals surface area contributed by atoms with Crippen molar-refractivity contribution in [1.82, 2.24) is 0 Å². The Morgan fingerprint density at radius 1 is 0.700 bits per heavy atom. The van der Waals surface area contributed by atoms with Gasteiger partial charge in [-0.25, -0.2) is 23.3 Å². The Morgan fingerprint density at radius 3 is 0.950 bits per heavy atom. The fourth-order valence-corrected chi connectivity index (χ4v) is 1.26. The van der Waals surface area contributed by atoms with Gasteiger partial charge in [-0.05, 0) is 0 Å². The van der Waals surface area contributed by atoms with Crippen LogP contribution >= 0.6 is 0 Å². The first kappa shape index (κ1) is 27.8. The van der Waals surface area contributed by atoms with Crippen LogP contribution in [0.3, 0.4) is 0 Å². The van der Waals surface area contributed by atoms with Crippen LogP contribution in [0.15, 0.2) is 34.4 Å². The van der Waals surface area contributed by atoms with Crippen molar-refractivity contribution in [2.24, 2.45) is 0 Å². The topological polar surface area (TPSA) is 0 Å². The van der Waals surface area contributed by atoms with E-state index in [0.717, 1.165) is 11.1 Å². The molecule has 0 aliphatic heterocycles. The minimum Gasteiger partial charge on any atom is -0.290 e. The van der Waals surface area contributed by atoms with Crippen molar-refractivity contribution in [2.75, 3.05) is 0 Å². The Labute approximate surface area is 139 Å². The molecule has 0 spiro atoms. The van der Waals surface area contributed by atoms with E-state index in [1.165, 1.54) is 30.4 Å². The van der Waals surface area contributed by atoms with Gasteiger partial charge in [-0.2, -0.15) is 11.1 Å². The van der Waals surface area contributed by atoms with Gasteiger partial charge >= 0.3 is 17.1 Å². The van der Waals surface area contributed by atoms with E-state index in [4.69, 9.17) is 13.2 Å². The third-order valence-corrected chi connectivity index (χ3v) is 1.74. The number of unbranched alkanes of at least 4 members (excludes halogenated alkanes) is 2. The Morgan fingerprint density at radius 2 is 0.950 bits per heavy atom. The van der Waals surface area contributed by atoms with Gasteiger partial charge in [-0.3, -0.25) is 13.2 Å². The molecule has 0 aromatic rings. The molecule has 0 rings (SSSR count). The number of hydrogen-bond acceptors (Lipinski definition) is 0. The van der Waals surface area contributed by atoms with E-state index < -0.39 is 0 Å². The maximum atomic E-state index is 5.33. The van der Waals surface area contributed by atoms with Crippen LogP contribution in [0.25, 0.3) is 0 Å². The van der Waals surface area contributed by atoms with Crippen LogP contribution in [-0.2, 0) is 17.1 Å². The minimum atomic E-state index is 0. The SMILES string of the molecule is CCCCC.[CH-]=C(C)C=C(C)C.[CH-]=C(C)C=C(C)C.[Fe+2]. The zero-order valence-electron chi connectivity index (χ0n) is 14.8. The van der Waals surface area contributed by atoms with Gasteiger partial charge in [0.05, 0.1) is 0 Å². The average molecular weight is 318 g/mol. The molecule has 0 radical (unpaired) electrons. The fraction of sp³-hybridized carbons (Fsp3) is 0.579. The summed E-state index contributed by atoms with van der Waals surface area (Å²) in [4.78, 5) is 0. The molecule has 0 amide bonds. The first-order valence-corrected chi connectivity index (χ1v) is 7.15. The fourth-order valence-electron chi connectivity index (χ4n) is 1.26. The predicted octanol–water partition coefficient (Wildman–Crippen LogP) is 6.86. The molecule has 0 heterocycles. The molecule has 1 heteroatoms. The van der Waals surface area contributed by atoms with Crippen LogP contribution in [0.5, 0.6) is 0 Å². The van der Waals surface area contributed by atoms with Crippen LogP contribution in [0.4, 0.5) is 0 Å². The Balaban J connectivity index is -0.0000000952. The van der Waals surface area contributed by atoms with E-state index in [-0.39, 0.29) is 17.1 Å². The second-order valence-electron chi connectivity index (χ2n) is 5.28. The average Bonchev–Trinajstić information content (AvgIpc) is 2.15. The molecular weight excluding hydrogens is 284 g/mol. The number of allylic oxidation sites excluding steroid dienone is 6. The van der Waals surface area contributed by atoms with E-state index in [1.807, 2.05) is 53.7 Å². The summed E-state index contributed by atoms with van der Waals surface area (Å²) < 4.78 is 0. The molecule has 0 aromatic heterocycles. The zero-order chi connectivity index (χ0) is 15.8.